The van der Waals surface area contributed by atoms with Gasteiger partial charge in [0.15, 0.2) is 17.5 Å². The second-order valence-electron chi connectivity index (χ2n) is 6.71. The van der Waals surface area contributed by atoms with Gasteiger partial charge in [-0.2, -0.15) is 4.52 Å². The van der Waals surface area contributed by atoms with Crippen LogP contribution in [-0.2, 0) is 6.42 Å². The summed E-state index contributed by atoms with van der Waals surface area (Å²) >= 11 is 1.29. The molecule has 27 heavy (non-hydrogen) atoms. The molecule has 3 heterocycles. The molecule has 0 spiro atoms. The standard InChI is InChI=1S/C18H20F2N4O2S/c1-2-14-21-18-24(22-14)17(26)16(27-18)15(23-7-5-11(25)6-8-23)10-3-4-12(19)13(20)9-10/h3-4,9,11,15,25-26H,2,5-8H2,1H3. The molecule has 9 heteroatoms. The molecule has 0 bridgehead atoms. The summed E-state index contributed by atoms with van der Waals surface area (Å²) in [4.78, 5) is 7.59. The van der Waals surface area contributed by atoms with Crippen LogP contribution in [0.4, 0.5) is 8.78 Å². The maximum absolute atomic E-state index is 13.9. The van der Waals surface area contributed by atoms with Crippen LogP contribution in [0.3, 0.4) is 0 Å². The third-order valence-corrected chi connectivity index (χ3v) is 6.00. The number of aliphatic hydroxyl groups is 1. The minimum atomic E-state index is -0.929. The molecule has 2 N–H and O–H groups in total. The van der Waals surface area contributed by atoms with Gasteiger partial charge in [-0.15, -0.1) is 5.10 Å². The van der Waals surface area contributed by atoms with Crippen LogP contribution in [0.5, 0.6) is 5.88 Å². The van der Waals surface area contributed by atoms with E-state index in [0.29, 0.717) is 53.6 Å². The second kappa shape index (κ2) is 7.14. The molecule has 0 radical (unpaired) electrons. The van der Waals surface area contributed by atoms with Crippen molar-refractivity contribution in [2.45, 2.75) is 38.3 Å². The Morgan fingerprint density at radius 2 is 2.00 bits per heavy atom. The molecule has 0 amide bonds. The zero-order valence-corrected chi connectivity index (χ0v) is 15.6. The Kier molecular flexibility index (Phi) is 4.83. The van der Waals surface area contributed by atoms with Gasteiger partial charge < -0.3 is 10.2 Å². The molecule has 1 aliphatic heterocycles. The molecule has 1 unspecified atom stereocenters. The molecule has 2 aromatic heterocycles. The quantitative estimate of drug-likeness (QED) is 0.712. The molecule has 144 valence electrons. The van der Waals surface area contributed by atoms with Crippen molar-refractivity contribution >= 4 is 16.3 Å². The summed E-state index contributed by atoms with van der Waals surface area (Å²) in [7, 11) is 0. The van der Waals surface area contributed by atoms with Crippen molar-refractivity contribution in [3.05, 3.63) is 46.1 Å². The van der Waals surface area contributed by atoms with Crippen molar-refractivity contribution in [1.82, 2.24) is 19.5 Å². The molecule has 1 saturated heterocycles. The minimum absolute atomic E-state index is 0.0388. The Morgan fingerprint density at radius 3 is 2.63 bits per heavy atom. The van der Waals surface area contributed by atoms with Crippen molar-refractivity contribution in [3.63, 3.8) is 0 Å². The second-order valence-corrected chi connectivity index (χ2v) is 7.72. The van der Waals surface area contributed by atoms with E-state index in [1.807, 2.05) is 6.92 Å². The van der Waals surface area contributed by atoms with E-state index in [2.05, 4.69) is 15.0 Å². The number of piperidine rings is 1. The van der Waals surface area contributed by atoms with Crippen molar-refractivity contribution in [3.8, 4) is 5.88 Å². The van der Waals surface area contributed by atoms with E-state index in [1.165, 1.54) is 21.9 Å². The summed E-state index contributed by atoms with van der Waals surface area (Å²) in [5, 5.41) is 24.9. The third-order valence-electron chi connectivity index (χ3n) is 4.93. The Morgan fingerprint density at radius 1 is 1.26 bits per heavy atom. The van der Waals surface area contributed by atoms with Gasteiger partial charge in [-0.05, 0) is 30.5 Å². The Labute approximate surface area is 158 Å². The van der Waals surface area contributed by atoms with Crippen molar-refractivity contribution < 1.29 is 19.0 Å². The highest BCUT2D eigenvalue weighted by atomic mass is 32.1. The van der Waals surface area contributed by atoms with Gasteiger partial charge in [-0.1, -0.05) is 24.3 Å². The highest BCUT2D eigenvalue weighted by Gasteiger charge is 2.32. The van der Waals surface area contributed by atoms with Crippen LogP contribution in [0.2, 0.25) is 0 Å². The average molecular weight is 394 g/mol. The summed E-state index contributed by atoms with van der Waals surface area (Å²) < 4.78 is 28.7. The molecule has 1 aromatic carbocycles. The van der Waals surface area contributed by atoms with Gasteiger partial charge in [0, 0.05) is 19.5 Å². The summed E-state index contributed by atoms with van der Waals surface area (Å²) in [5.74, 6) is -1.25. The van der Waals surface area contributed by atoms with Gasteiger partial charge in [0.25, 0.3) is 0 Å². The first-order valence-electron chi connectivity index (χ1n) is 8.92. The highest BCUT2D eigenvalue weighted by molar-refractivity contribution is 7.17. The van der Waals surface area contributed by atoms with Gasteiger partial charge in [-0.3, -0.25) is 4.90 Å². The van der Waals surface area contributed by atoms with Crippen LogP contribution in [-0.4, -0.2) is 48.9 Å². The zero-order chi connectivity index (χ0) is 19.1. The van der Waals surface area contributed by atoms with E-state index in [-0.39, 0.29) is 12.0 Å². The summed E-state index contributed by atoms with van der Waals surface area (Å²) in [5.41, 5.74) is 0.542. The van der Waals surface area contributed by atoms with Gasteiger partial charge >= 0.3 is 0 Å². The van der Waals surface area contributed by atoms with E-state index in [1.54, 1.807) is 0 Å². The lowest BCUT2D eigenvalue weighted by molar-refractivity contribution is 0.0688. The number of thiazole rings is 1. The average Bonchev–Trinajstić information content (AvgIpc) is 3.19. The lowest BCUT2D eigenvalue weighted by atomic mass is 9.99. The Balaban J connectivity index is 1.80. The predicted molar refractivity (Wildman–Crippen MR) is 96.9 cm³/mol. The molecular weight excluding hydrogens is 374 g/mol. The van der Waals surface area contributed by atoms with E-state index >= 15 is 0 Å². The van der Waals surface area contributed by atoms with Gasteiger partial charge in [0.2, 0.25) is 10.8 Å². The minimum Gasteiger partial charge on any atom is -0.492 e. The molecule has 1 fully saturated rings. The first kappa shape index (κ1) is 18.3. The molecule has 1 atom stereocenters. The molecule has 4 rings (SSSR count). The van der Waals surface area contributed by atoms with Crippen LogP contribution in [0.1, 0.15) is 42.1 Å². The number of likely N-dealkylation sites (tertiary alicyclic amines) is 1. The van der Waals surface area contributed by atoms with Gasteiger partial charge in [-0.25, -0.2) is 13.8 Å². The molecular formula is C18H20F2N4O2S. The maximum atomic E-state index is 13.9. The van der Waals surface area contributed by atoms with E-state index < -0.39 is 17.7 Å². The van der Waals surface area contributed by atoms with Crippen LogP contribution < -0.4 is 0 Å². The van der Waals surface area contributed by atoms with Crippen LogP contribution in [0.15, 0.2) is 18.2 Å². The smallest absolute Gasteiger partial charge is 0.230 e. The third kappa shape index (κ3) is 3.30. The molecule has 0 saturated carbocycles. The topological polar surface area (TPSA) is 73.9 Å². The largest absolute Gasteiger partial charge is 0.492 e. The number of halogens is 2. The number of hydrogen-bond donors (Lipinski definition) is 2. The Hall–Kier alpha value is -2.10. The molecule has 3 aromatic rings. The number of aliphatic hydroxyl groups excluding tert-OH is 1. The molecule has 6 nitrogen and oxygen atoms in total. The number of aromatic hydroxyl groups is 1. The maximum Gasteiger partial charge on any atom is 0.230 e. The van der Waals surface area contributed by atoms with E-state index in [4.69, 9.17) is 0 Å². The first-order valence-corrected chi connectivity index (χ1v) is 9.74. The number of fused-ring (bicyclic) bond motifs is 1. The summed E-state index contributed by atoms with van der Waals surface area (Å²) in [6.07, 6.45) is 1.46. The lowest BCUT2D eigenvalue weighted by Crippen LogP contribution is -2.38. The highest BCUT2D eigenvalue weighted by Crippen LogP contribution is 2.41. The number of aromatic nitrogens is 3. The Bertz CT molecular complexity index is 966. The monoisotopic (exact) mass is 394 g/mol. The number of aryl methyl sites for hydroxylation is 1. The van der Waals surface area contributed by atoms with E-state index in [9.17, 15) is 19.0 Å². The van der Waals surface area contributed by atoms with Crippen molar-refractivity contribution in [1.29, 1.82) is 0 Å². The van der Waals surface area contributed by atoms with E-state index in [0.717, 1.165) is 12.1 Å². The molecule has 0 aliphatic carbocycles. The molecule has 1 aliphatic rings. The van der Waals surface area contributed by atoms with Crippen molar-refractivity contribution in [2.24, 2.45) is 0 Å². The van der Waals surface area contributed by atoms with Crippen LogP contribution in [0.25, 0.3) is 4.96 Å². The normalized spacial score (nSPS) is 17.6. The SMILES string of the molecule is CCc1nc2sc(C(c3ccc(F)c(F)c3)N3CCC(O)CC3)c(O)n2n1. The number of hydrogen-bond acceptors (Lipinski definition) is 6. The van der Waals surface area contributed by atoms with Crippen LogP contribution in [0, 0.1) is 11.6 Å². The summed E-state index contributed by atoms with van der Waals surface area (Å²) in [6.45, 7) is 3.09. The van der Waals surface area contributed by atoms with Crippen LogP contribution >= 0.6 is 11.3 Å². The number of benzene rings is 1. The number of rotatable bonds is 4. The predicted octanol–water partition coefficient (Wildman–Crippen LogP) is 2.88. The fourth-order valence-electron chi connectivity index (χ4n) is 3.47. The van der Waals surface area contributed by atoms with Gasteiger partial charge in [0.05, 0.1) is 17.0 Å². The zero-order valence-electron chi connectivity index (χ0n) is 14.8. The van der Waals surface area contributed by atoms with Gasteiger partial charge in [0.1, 0.15) is 0 Å². The lowest BCUT2D eigenvalue weighted by Gasteiger charge is -2.36. The van der Waals surface area contributed by atoms with Crippen molar-refractivity contribution in [2.75, 3.05) is 13.1 Å². The fraction of sp³-hybridized carbons (Fsp3) is 0.444. The summed E-state index contributed by atoms with van der Waals surface area (Å²) in [6, 6.07) is 3.32. The fourth-order valence-corrected chi connectivity index (χ4v) is 4.61. The first-order chi connectivity index (χ1) is 13.0. The number of nitrogens with zero attached hydrogens (tertiary/aromatic N) is 4.